The van der Waals surface area contributed by atoms with Crippen LogP contribution in [-0.2, 0) is 0 Å². The second-order valence-corrected chi connectivity index (χ2v) is 7.77. The van der Waals surface area contributed by atoms with E-state index in [1.807, 2.05) is 43.3 Å². The molecule has 0 saturated carbocycles. The maximum atomic E-state index is 12.6. The van der Waals surface area contributed by atoms with Crippen LogP contribution in [0.3, 0.4) is 0 Å². The largest absolute Gasteiger partial charge is 0.389 e. The first-order valence-electron chi connectivity index (χ1n) is 8.94. The summed E-state index contributed by atoms with van der Waals surface area (Å²) in [6.45, 7) is 5.37. The van der Waals surface area contributed by atoms with Gasteiger partial charge >= 0.3 is 0 Å². The Morgan fingerprint density at radius 2 is 1.79 bits per heavy atom. The summed E-state index contributed by atoms with van der Waals surface area (Å²) >= 11 is 5.99. The molecule has 1 aromatic heterocycles. The summed E-state index contributed by atoms with van der Waals surface area (Å²) in [5, 5.41) is 13.2. The molecule has 3 rings (SSSR count). The standard InChI is InChI=1S/C22H22ClN3O2/c1-14-5-4-6-16(11-14)20-25-18(15-7-9-17(23)10-8-15)12-19(26-20)21(27)24-13-22(2,3)28/h4-12,28H,13H2,1-3H3,(H,24,27). The highest BCUT2D eigenvalue weighted by atomic mass is 35.5. The van der Waals surface area contributed by atoms with Crippen LogP contribution in [0.15, 0.2) is 54.6 Å². The van der Waals surface area contributed by atoms with Crippen LogP contribution in [-0.4, -0.2) is 33.1 Å². The van der Waals surface area contributed by atoms with Gasteiger partial charge in [-0.25, -0.2) is 9.97 Å². The number of nitrogens with one attached hydrogen (secondary N) is 1. The van der Waals surface area contributed by atoms with Crippen molar-refractivity contribution < 1.29 is 9.90 Å². The Kier molecular flexibility index (Phi) is 5.77. The Morgan fingerprint density at radius 1 is 1.07 bits per heavy atom. The molecule has 0 atom stereocenters. The van der Waals surface area contributed by atoms with Crippen LogP contribution in [0, 0.1) is 6.92 Å². The third-order valence-electron chi connectivity index (χ3n) is 4.06. The molecule has 1 amide bonds. The molecule has 2 aromatic carbocycles. The van der Waals surface area contributed by atoms with E-state index in [9.17, 15) is 9.90 Å². The molecular weight excluding hydrogens is 374 g/mol. The Morgan fingerprint density at radius 3 is 2.43 bits per heavy atom. The molecule has 0 saturated heterocycles. The number of carbonyl (C=O) groups is 1. The van der Waals surface area contributed by atoms with E-state index in [1.54, 1.807) is 32.0 Å². The zero-order valence-electron chi connectivity index (χ0n) is 16.0. The second kappa shape index (κ2) is 8.09. The predicted molar refractivity (Wildman–Crippen MR) is 111 cm³/mol. The summed E-state index contributed by atoms with van der Waals surface area (Å²) in [7, 11) is 0. The molecule has 0 aliphatic rings. The highest BCUT2D eigenvalue weighted by Crippen LogP contribution is 2.24. The molecule has 0 radical (unpaired) electrons. The van der Waals surface area contributed by atoms with E-state index in [0.29, 0.717) is 16.5 Å². The number of aliphatic hydroxyl groups is 1. The van der Waals surface area contributed by atoms with Crippen molar-refractivity contribution in [3.05, 3.63) is 70.9 Å². The average Bonchev–Trinajstić information content (AvgIpc) is 2.65. The van der Waals surface area contributed by atoms with Gasteiger partial charge in [-0.05, 0) is 45.0 Å². The molecule has 28 heavy (non-hydrogen) atoms. The number of rotatable bonds is 5. The number of amides is 1. The van der Waals surface area contributed by atoms with Gasteiger partial charge in [0.15, 0.2) is 5.82 Å². The van der Waals surface area contributed by atoms with Crippen LogP contribution in [0.4, 0.5) is 0 Å². The summed E-state index contributed by atoms with van der Waals surface area (Å²) in [6, 6.07) is 16.7. The van der Waals surface area contributed by atoms with Gasteiger partial charge in [-0.2, -0.15) is 0 Å². The van der Waals surface area contributed by atoms with Gasteiger partial charge in [0.1, 0.15) is 5.69 Å². The van der Waals surface area contributed by atoms with Crippen LogP contribution in [0.5, 0.6) is 0 Å². The number of benzene rings is 2. The molecule has 5 nitrogen and oxygen atoms in total. The van der Waals surface area contributed by atoms with Crippen molar-refractivity contribution in [2.45, 2.75) is 26.4 Å². The van der Waals surface area contributed by atoms with Crippen molar-refractivity contribution in [2.24, 2.45) is 0 Å². The molecule has 2 N–H and O–H groups in total. The fourth-order valence-electron chi connectivity index (χ4n) is 2.63. The van der Waals surface area contributed by atoms with Gasteiger partial charge < -0.3 is 10.4 Å². The molecule has 0 fully saturated rings. The SMILES string of the molecule is Cc1cccc(-c2nc(C(=O)NCC(C)(C)O)cc(-c3ccc(Cl)cc3)n2)c1. The first-order valence-corrected chi connectivity index (χ1v) is 9.32. The number of aryl methyl sites for hydroxylation is 1. The Hall–Kier alpha value is -2.76. The van der Waals surface area contributed by atoms with Crippen LogP contribution < -0.4 is 5.32 Å². The maximum absolute atomic E-state index is 12.6. The molecule has 0 aliphatic carbocycles. The van der Waals surface area contributed by atoms with Gasteiger partial charge in [-0.15, -0.1) is 0 Å². The summed E-state index contributed by atoms with van der Waals surface area (Å²) in [6.07, 6.45) is 0. The second-order valence-electron chi connectivity index (χ2n) is 7.33. The minimum atomic E-state index is -1.01. The van der Waals surface area contributed by atoms with Gasteiger partial charge in [0.2, 0.25) is 0 Å². The number of aromatic nitrogens is 2. The van der Waals surface area contributed by atoms with Gasteiger partial charge in [0, 0.05) is 22.7 Å². The normalized spacial score (nSPS) is 11.3. The molecule has 0 unspecified atom stereocenters. The quantitative estimate of drug-likeness (QED) is 0.676. The number of hydrogen-bond acceptors (Lipinski definition) is 4. The monoisotopic (exact) mass is 395 g/mol. The topological polar surface area (TPSA) is 75.1 Å². The van der Waals surface area contributed by atoms with Gasteiger partial charge in [-0.3, -0.25) is 4.79 Å². The number of hydrogen-bond donors (Lipinski definition) is 2. The smallest absolute Gasteiger partial charge is 0.270 e. The Labute approximate surface area is 169 Å². The third kappa shape index (κ3) is 5.15. The molecule has 0 spiro atoms. The van der Waals surface area contributed by atoms with Crippen molar-refractivity contribution in [2.75, 3.05) is 6.54 Å². The molecule has 144 valence electrons. The summed E-state index contributed by atoms with van der Waals surface area (Å²) in [4.78, 5) is 21.8. The van der Waals surface area contributed by atoms with E-state index in [-0.39, 0.29) is 18.1 Å². The molecule has 6 heteroatoms. The highest BCUT2D eigenvalue weighted by Gasteiger charge is 2.18. The van der Waals surface area contributed by atoms with E-state index < -0.39 is 5.60 Å². The van der Waals surface area contributed by atoms with Crippen molar-refractivity contribution in [3.63, 3.8) is 0 Å². The highest BCUT2D eigenvalue weighted by molar-refractivity contribution is 6.30. The Balaban J connectivity index is 2.05. The molecule has 0 aliphatic heterocycles. The lowest BCUT2D eigenvalue weighted by Crippen LogP contribution is -2.38. The van der Waals surface area contributed by atoms with Crippen LogP contribution in [0.1, 0.15) is 29.9 Å². The van der Waals surface area contributed by atoms with E-state index in [4.69, 9.17) is 11.6 Å². The molecule has 0 bridgehead atoms. The molecule has 1 heterocycles. The van der Waals surface area contributed by atoms with Crippen LogP contribution in [0.25, 0.3) is 22.6 Å². The van der Waals surface area contributed by atoms with Gasteiger partial charge in [0.25, 0.3) is 5.91 Å². The Bertz CT molecular complexity index is 995. The van der Waals surface area contributed by atoms with Crippen molar-refractivity contribution in [3.8, 4) is 22.6 Å². The number of carbonyl (C=O) groups excluding carboxylic acids is 1. The number of nitrogens with zero attached hydrogens (tertiary/aromatic N) is 2. The van der Waals surface area contributed by atoms with Crippen molar-refractivity contribution >= 4 is 17.5 Å². The number of halogens is 1. The van der Waals surface area contributed by atoms with Crippen molar-refractivity contribution in [1.82, 2.24) is 15.3 Å². The molecule has 3 aromatic rings. The van der Waals surface area contributed by atoms with Gasteiger partial charge in [-0.1, -0.05) is 47.5 Å². The van der Waals surface area contributed by atoms with Crippen molar-refractivity contribution in [1.29, 1.82) is 0 Å². The minimum absolute atomic E-state index is 0.117. The fourth-order valence-corrected chi connectivity index (χ4v) is 2.76. The molecular formula is C22H22ClN3O2. The zero-order chi connectivity index (χ0) is 20.3. The lowest BCUT2D eigenvalue weighted by Gasteiger charge is -2.17. The summed E-state index contributed by atoms with van der Waals surface area (Å²) in [5.74, 6) is 0.0956. The first kappa shape index (κ1) is 20.0. The minimum Gasteiger partial charge on any atom is -0.389 e. The van der Waals surface area contributed by atoms with E-state index in [1.165, 1.54) is 0 Å². The van der Waals surface area contributed by atoms with Gasteiger partial charge in [0.05, 0.1) is 11.3 Å². The summed E-state index contributed by atoms with van der Waals surface area (Å²) < 4.78 is 0. The van der Waals surface area contributed by atoms with E-state index in [2.05, 4.69) is 15.3 Å². The fraction of sp³-hybridized carbons (Fsp3) is 0.227. The van der Waals surface area contributed by atoms with E-state index >= 15 is 0 Å². The lowest BCUT2D eigenvalue weighted by molar-refractivity contribution is 0.0692. The predicted octanol–water partition coefficient (Wildman–Crippen LogP) is 4.27. The maximum Gasteiger partial charge on any atom is 0.270 e. The lowest BCUT2D eigenvalue weighted by atomic mass is 10.1. The van der Waals surface area contributed by atoms with Crippen LogP contribution in [0.2, 0.25) is 5.02 Å². The average molecular weight is 396 g/mol. The zero-order valence-corrected chi connectivity index (χ0v) is 16.8. The third-order valence-corrected chi connectivity index (χ3v) is 4.31. The van der Waals surface area contributed by atoms with Crippen LogP contribution >= 0.6 is 11.6 Å². The first-order chi connectivity index (χ1) is 13.2. The summed E-state index contributed by atoms with van der Waals surface area (Å²) in [5.41, 5.74) is 2.58. The van der Waals surface area contributed by atoms with E-state index in [0.717, 1.165) is 16.7 Å².